The number of rotatable bonds is 9. The molecule has 0 fully saturated rings. The lowest BCUT2D eigenvalue weighted by Gasteiger charge is -2.18. The Kier molecular flexibility index (Phi) is 9.52. The Labute approximate surface area is 122 Å². The first-order valence-electron chi connectivity index (χ1n) is 6.55. The maximum atomic E-state index is 11.6. The summed E-state index contributed by atoms with van der Waals surface area (Å²) in [6.45, 7) is 3.87. The second-order valence-corrected chi connectivity index (χ2v) is 4.01. The summed E-state index contributed by atoms with van der Waals surface area (Å²) in [5, 5.41) is 12.6. The van der Waals surface area contributed by atoms with Gasteiger partial charge >= 0.3 is 12.0 Å². The van der Waals surface area contributed by atoms with E-state index in [1.165, 1.54) is 0 Å². The number of carbonyl (C=O) groups is 4. The van der Waals surface area contributed by atoms with Gasteiger partial charge in [-0.2, -0.15) is 0 Å². The van der Waals surface area contributed by atoms with Crippen LogP contribution in [0.3, 0.4) is 0 Å². The van der Waals surface area contributed by atoms with Gasteiger partial charge in [-0.3, -0.25) is 14.9 Å². The Balaban J connectivity index is 3.82. The van der Waals surface area contributed by atoms with Gasteiger partial charge in [-0.15, -0.1) is 0 Å². The Morgan fingerprint density at radius 3 is 2.24 bits per heavy atom. The predicted octanol–water partition coefficient (Wildman–Crippen LogP) is -0.828. The normalized spacial score (nSPS) is 9.81. The van der Waals surface area contributed by atoms with Gasteiger partial charge in [0.25, 0.3) is 5.91 Å². The molecule has 0 aromatic rings. The third-order valence-corrected chi connectivity index (χ3v) is 2.45. The van der Waals surface area contributed by atoms with Crippen molar-refractivity contribution in [1.82, 2.24) is 15.5 Å². The highest BCUT2D eigenvalue weighted by Crippen LogP contribution is 1.92. The average molecular weight is 303 g/mol. The molecular weight excluding hydrogens is 282 g/mol. The number of carboxylic acids is 1. The molecule has 0 aliphatic rings. The molecule has 9 nitrogen and oxygen atoms in total. The standard InChI is InChI=1S/C12H21N3O6/c1-3-15(4-2)10(17)5-6-13-12(20)14-9(16)7-21-8-11(18)19/h3-8H2,1-2H3,(H,18,19)(H2,13,14,16,20). The van der Waals surface area contributed by atoms with E-state index in [2.05, 4.69) is 10.1 Å². The average Bonchev–Trinajstić information content (AvgIpc) is 2.39. The van der Waals surface area contributed by atoms with Crippen LogP contribution in [0.4, 0.5) is 4.79 Å². The molecule has 0 aromatic heterocycles. The van der Waals surface area contributed by atoms with Gasteiger partial charge in [-0.1, -0.05) is 0 Å². The third-order valence-electron chi connectivity index (χ3n) is 2.45. The molecule has 0 saturated carbocycles. The number of imide groups is 1. The lowest BCUT2D eigenvalue weighted by molar-refractivity contribution is -0.143. The van der Waals surface area contributed by atoms with Crippen molar-refractivity contribution in [1.29, 1.82) is 0 Å². The highest BCUT2D eigenvalue weighted by atomic mass is 16.5. The van der Waals surface area contributed by atoms with Crippen molar-refractivity contribution in [3.63, 3.8) is 0 Å². The summed E-state index contributed by atoms with van der Waals surface area (Å²) in [5.41, 5.74) is 0. The zero-order valence-electron chi connectivity index (χ0n) is 12.2. The molecule has 0 unspecified atom stereocenters. The van der Waals surface area contributed by atoms with Crippen LogP contribution in [-0.2, 0) is 19.1 Å². The highest BCUT2D eigenvalue weighted by molar-refractivity contribution is 5.95. The monoisotopic (exact) mass is 303 g/mol. The highest BCUT2D eigenvalue weighted by Gasteiger charge is 2.11. The quantitative estimate of drug-likeness (QED) is 0.510. The van der Waals surface area contributed by atoms with Crippen LogP contribution in [0.25, 0.3) is 0 Å². The van der Waals surface area contributed by atoms with Crippen molar-refractivity contribution in [2.24, 2.45) is 0 Å². The number of ether oxygens (including phenoxy) is 1. The number of urea groups is 1. The topological polar surface area (TPSA) is 125 Å². The summed E-state index contributed by atoms with van der Waals surface area (Å²) < 4.78 is 4.51. The van der Waals surface area contributed by atoms with Crippen molar-refractivity contribution in [3.05, 3.63) is 0 Å². The van der Waals surface area contributed by atoms with Crippen LogP contribution < -0.4 is 10.6 Å². The Morgan fingerprint density at radius 2 is 1.71 bits per heavy atom. The lowest BCUT2D eigenvalue weighted by Crippen LogP contribution is -2.42. The molecule has 21 heavy (non-hydrogen) atoms. The molecular formula is C12H21N3O6. The third kappa shape index (κ3) is 9.38. The first-order chi connectivity index (χ1) is 9.90. The predicted molar refractivity (Wildman–Crippen MR) is 72.5 cm³/mol. The maximum Gasteiger partial charge on any atom is 0.329 e. The Hall–Kier alpha value is -2.16. The van der Waals surface area contributed by atoms with E-state index < -0.39 is 31.1 Å². The fraction of sp³-hybridized carbons (Fsp3) is 0.667. The van der Waals surface area contributed by atoms with Gasteiger partial charge in [0, 0.05) is 26.1 Å². The van der Waals surface area contributed by atoms with Gasteiger partial charge in [-0.05, 0) is 13.8 Å². The minimum Gasteiger partial charge on any atom is -0.480 e. The Bertz CT molecular complexity index is 381. The summed E-state index contributed by atoms with van der Waals surface area (Å²) in [7, 11) is 0. The molecule has 4 amide bonds. The first-order valence-corrected chi connectivity index (χ1v) is 6.55. The molecule has 0 rings (SSSR count). The summed E-state index contributed by atoms with van der Waals surface area (Å²) in [5.74, 6) is -2.05. The van der Waals surface area contributed by atoms with Crippen LogP contribution in [0.1, 0.15) is 20.3 Å². The minimum absolute atomic E-state index is 0.0866. The molecule has 0 spiro atoms. The molecule has 0 aromatic carbocycles. The van der Waals surface area contributed by atoms with Crippen molar-refractivity contribution in [2.75, 3.05) is 32.8 Å². The van der Waals surface area contributed by atoms with Crippen molar-refractivity contribution < 1.29 is 29.0 Å². The van der Waals surface area contributed by atoms with Gasteiger partial charge in [0.05, 0.1) is 0 Å². The molecule has 0 bridgehead atoms. The van der Waals surface area contributed by atoms with E-state index in [-0.39, 0.29) is 18.9 Å². The second kappa shape index (κ2) is 10.6. The molecule has 0 atom stereocenters. The number of hydrogen-bond acceptors (Lipinski definition) is 5. The van der Waals surface area contributed by atoms with Gasteiger partial charge in [-0.25, -0.2) is 9.59 Å². The summed E-state index contributed by atoms with van der Waals surface area (Å²) in [6, 6.07) is -0.758. The van der Waals surface area contributed by atoms with Crippen LogP contribution in [0.15, 0.2) is 0 Å². The summed E-state index contributed by atoms with van der Waals surface area (Å²) in [6.07, 6.45) is 0.138. The maximum absolute atomic E-state index is 11.6. The Morgan fingerprint density at radius 1 is 1.10 bits per heavy atom. The number of carbonyl (C=O) groups excluding carboxylic acids is 3. The van der Waals surface area contributed by atoms with Crippen molar-refractivity contribution in [2.45, 2.75) is 20.3 Å². The fourth-order valence-electron chi connectivity index (χ4n) is 1.46. The van der Waals surface area contributed by atoms with E-state index in [4.69, 9.17) is 5.11 Å². The van der Waals surface area contributed by atoms with Crippen molar-refractivity contribution >= 4 is 23.8 Å². The largest absolute Gasteiger partial charge is 0.480 e. The van der Waals surface area contributed by atoms with Gasteiger partial charge < -0.3 is 20.1 Å². The number of hydrogen-bond donors (Lipinski definition) is 3. The zero-order chi connectivity index (χ0) is 16.3. The van der Waals surface area contributed by atoms with Gasteiger partial charge in [0.2, 0.25) is 5.91 Å². The van der Waals surface area contributed by atoms with E-state index in [1.54, 1.807) is 4.90 Å². The van der Waals surface area contributed by atoms with Crippen LogP contribution in [0, 0.1) is 0 Å². The molecule has 0 aliphatic heterocycles. The van der Waals surface area contributed by atoms with Gasteiger partial charge in [0.1, 0.15) is 13.2 Å². The molecule has 120 valence electrons. The zero-order valence-corrected chi connectivity index (χ0v) is 12.2. The SMILES string of the molecule is CCN(CC)C(=O)CCNC(=O)NC(=O)COCC(=O)O. The van der Waals surface area contributed by atoms with Crippen LogP contribution in [-0.4, -0.2) is 66.7 Å². The lowest BCUT2D eigenvalue weighted by atomic mass is 10.3. The number of aliphatic carboxylic acids is 1. The number of carboxylic acid groups (broad SMARTS) is 1. The van der Waals surface area contributed by atoms with E-state index in [9.17, 15) is 19.2 Å². The molecule has 0 heterocycles. The van der Waals surface area contributed by atoms with Gasteiger partial charge in [0.15, 0.2) is 0 Å². The summed E-state index contributed by atoms with van der Waals surface area (Å²) >= 11 is 0. The van der Waals surface area contributed by atoms with E-state index in [0.29, 0.717) is 13.1 Å². The smallest absolute Gasteiger partial charge is 0.329 e. The molecule has 0 radical (unpaired) electrons. The van der Waals surface area contributed by atoms with Crippen molar-refractivity contribution in [3.8, 4) is 0 Å². The first kappa shape index (κ1) is 18.8. The number of nitrogens with zero attached hydrogens (tertiary/aromatic N) is 1. The molecule has 3 N–H and O–H groups in total. The fourth-order valence-corrected chi connectivity index (χ4v) is 1.46. The second-order valence-electron chi connectivity index (χ2n) is 4.01. The van der Waals surface area contributed by atoms with Crippen LogP contribution >= 0.6 is 0 Å². The number of amides is 4. The van der Waals surface area contributed by atoms with E-state index in [1.807, 2.05) is 19.2 Å². The summed E-state index contributed by atoms with van der Waals surface area (Å²) in [4.78, 5) is 45.9. The van der Waals surface area contributed by atoms with E-state index >= 15 is 0 Å². The molecule has 9 heteroatoms. The van der Waals surface area contributed by atoms with E-state index in [0.717, 1.165) is 0 Å². The molecule has 0 aliphatic carbocycles. The van der Waals surface area contributed by atoms with Crippen LogP contribution in [0.2, 0.25) is 0 Å². The molecule has 0 saturated heterocycles. The number of nitrogens with one attached hydrogen (secondary N) is 2. The minimum atomic E-state index is -1.21. The van der Waals surface area contributed by atoms with Crippen LogP contribution in [0.5, 0.6) is 0 Å².